The summed E-state index contributed by atoms with van der Waals surface area (Å²) in [5.41, 5.74) is 0.00922. The molecule has 0 aliphatic carbocycles. The molecule has 228 valence electrons. The predicted molar refractivity (Wildman–Crippen MR) is 162 cm³/mol. The van der Waals surface area contributed by atoms with Gasteiger partial charge in [0, 0.05) is 38.8 Å². The van der Waals surface area contributed by atoms with Gasteiger partial charge in [0.05, 0.1) is 11.9 Å². The maximum Gasteiger partial charge on any atom is 0.433 e. The standard InChI is InChI=1S/C29H35F3N8O2Si/c1-43(2,3)16-15-42-19-40-14-10-21-26(37-27(38-28(21)40)22-7-6-8-23(35-22)29(30,31)32)34-20-9-11-33-24(17-20)36-25(41)18-39-12-4-5-13-39/h6-11,14,17H,4-5,12-13,15-16,18-19H2,1-3H3,(H2,33,34,36,37,38,41). The van der Waals surface area contributed by atoms with E-state index in [2.05, 4.69) is 55.1 Å². The lowest BCUT2D eigenvalue weighted by molar-refractivity contribution is -0.141. The Morgan fingerprint density at radius 1 is 1.07 bits per heavy atom. The molecule has 0 atom stereocenters. The van der Waals surface area contributed by atoms with E-state index in [1.807, 2.05) is 6.07 Å². The number of nitrogens with one attached hydrogen (secondary N) is 2. The number of fused-ring (bicyclic) bond motifs is 1. The van der Waals surface area contributed by atoms with Gasteiger partial charge in [0.15, 0.2) is 5.82 Å². The fourth-order valence-corrected chi connectivity index (χ4v) is 5.43. The molecule has 1 aliphatic heterocycles. The summed E-state index contributed by atoms with van der Waals surface area (Å²) in [5, 5.41) is 6.71. The Labute approximate surface area is 248 Å². The minimum atomic E-state index is -4.61. The second-order valence-electron chi connectivity index (χ2n) is 11.8. The zero-order valence-electron chi connectivity index (χ0n) is 24.4. The summed E-state index contributed by atoms with van der Waals surface area (Å²) in [5.74, 6) is 0.602. The molecule has 5 rings (SSSR count). The first-order valence-corrected chi connectivity index (χ1v) is 17.9. The number of carbonyl (C=O) groups is 1. The smallest absolute Gasteiger partial charge is 0.361 e. The fourth-order valence-electron chi connectivity index (χ4n) is 4.68. The number of rotatable bonds is 11. The van der Waals surface area contributed by atoms with Gasteiger partial charge in [-0.05, 0) is 56.2 Å². The Hall–Kier alpha value is -3.88. The first-order valence-electron chi connectivity index (χ1n) is 14.2. The van der Waals surface area contributed by atoms with Gasteiger partial charge in [0.25, 0.3) is 0 Å². The maximum absolute atomic E-state index is 13.4. The third-order valence-corrected chi connectivity index (χ3v) is 8.67. The van der Waals surface area contributed by atoms with Crippen LogP contribution in [0, 0.1) is 0 Å². The van der Waals surface area contributed by atoms with Crippen molar-refractivity contribution in [2.75, 3.05) is 36.9 Å². The fraction of sp³-hybridized carbons (Fsp3) is 0.414. The topological polar surface area (TPSA) is 110 Å². The highest BCUT2D eigenvalue weighted by molar-refractivity contribution is 6.76. The van der Waals surface area contributed by atoms with E-state index < -0.39 is 19.9 Å². The molecular formula is C29H35F3N8O2Si. The Balaban J connectivity index is 1.44. The third kappa shape index (κ3) is 8.15. The zero-order valence-corrected chi connectivity index (χ0v) is 25.4. The van der Waals surface area contributed by atoms with Crippen molar-refractivity contribution in [2.24, 2.45) is 0 Å². The van der Waals surface area contributed by atoms with E-state index in [4.69, 9.17) is 4.74 Å². The second-order valence-corrected chi connectivity index (χ2v) is 17.4. The molecule has 4 aromatic heterocycles. The van der Waals surface area contributed by atoms with Gasteiger partial charge in [-0.25, -0.2) is 19.9 Å². The van der Waals surface area contributed by atoms with Gasteiger partial charge in [-0.2, -0.15) is 13.2 Å². The van der Waals surface area contributed by atoms with Crippen LogP contribution in [0.25, 0.3) is 22.6 Å². The molecule has 14 heteroatoms. The number of carbonyl (C=O) groups excluding carboxylic acids is 1. The maximum atomic E-state index is 13.4. The van der Waals surface area contributed by atoms with Crippen molar-refractivity contribution in [3.8, 4) is 11.5 Å². The molecule has 1 amide bonds. The molecular weight excluding hydrogens is 577 g/mol. The number of anilines is 3. The Morgan fingerprint density at radius 2 is 1.86 bits per heavy atom. The van der Waals surface area contributed by atoms with Crippen molar-refractivity contribution in [1.82, 2.24) is 29.4 Å². The Kier molecular flexibility index (Phi) is 9.08. The van der Waals surface area contributed by atoms with Crippen LogP contribution in [0.3, 0.4) is 0 Å². The van der Waals surface area contributed by atoms with Crippen molar-refractivity contribution < 1.29 is 22.7 Å². The number of hydrogen-bond acceptors (Lipinski definition) is 8. The highest BCUT2D eigenvalue weighted by atomic mass is 28.3. The number of alkyl halides is 3. The molecule has 1 aliphatic rings. The first-order chi connectivity index (χ1) is 20.4. The summed E-state index contributed by atoms with van der Waals surface area (Å²) >= 11 is 0. The van der Waals surface area contributed by atoms with Crippen molar-refractivity contribution in [2.45, 2.75) is 51.4 Å². The lowest BCUT2D eigenvalue weighted by Gasteiger charge is -2.16. The number of likely N-dealkylation sites (tertiary alicyclic amines) is 1. The lowest BCUT2D eigenvalue weighted by Crippen LogP contribution is -2.31. The van der Waals surface area contributed by atoms with Crippen LogP contribution < -0.4 is 10.6 Å². The molecule has 0 radical (unpaired) electrons. The number of aromatic nitrogens is 5. The van der Waals surface area contributed by atoms with Crippen LogP contribution in [-0.4, -0.2) is 69.6 Å². The van der Waals surface area contributed by atoms with Crippen LogP contribution >= 0.6 is 0 Å². The van der Waals surface area contributed by atoms with Crippen LogP contribution in [0.15, 0.2) is 48.8 Å². The Morgan fingerprint density at radius 3 is 2.60 bits per heavy atom. The number of amides is 1. The molecule has 0 aromatic carbocycles. The van der Waals surface area contributed by atoms with E-state index in [0.29, 0.717) is 41.5 Å². The number of nitrogens with zero attached hydrogens (tertiary/aromatic N) is 6. The quantitative estimate of drug-likeness (QED) is 0.157. The van der Waals surface area contributed by atoms with E-state index in [1.54, 1.807) is 29.1 Å². The summed E-state index contributed by atoms with van der Waals surface area (Å²) in [7, 11) is -1.29. The highest BCUT2D eigenvalue weighted by Gasteiger charge is 2.33. The first kappa shape index (κ1) is 30.6. The van der Waals surface area contributed by atoms with Gasteiger partial charge < -0.3 is 19.9 Å². The monoisotopic (exact) mass is 612 g/mol. The summed E-state index contributed by atoms with van der Waals surface area (Å²) in [6.45, 7) is 9.72. The van der Waals surface area contributed by atoms with E-state index in [-0.39, 0.29) is 24.2 Å². The van der Waals surface area contributed by atoms with Gasteiger partial charge in [0.1, 0.15) is 35.4 Å². The van der Waals surface area contributed by atoms with E-state index in [1.165, 1.54) is 12.1 Å². The second kappa shape index (κ2) is 12.8. The van der Waals surface area contributed by atoms with Crippen molar-refractivity contribution >= 4 is 42.3 Å². The summed E-state index contributed by atoms with van der Waals surface area (Å²) in [4.78, 5) is 31.9. The van der Waals surface area contributed by atoms with Gasteiger partial charge in [-0.15, -0.1) is 0 Å². The molecule has 4 aromatic rings. The van der Waals surface area contributed by atoms with E-state index in [0.717, 1.165) is 38.0 Å². The van der Waals surface area contributed by atoms with Gasteiger partial charge >= 0.3 is 6.18 Å². The van der Waals surface area contributed by atoms with Crippen molar-refractivity contribution in [3.63, 3.8) is 0 Å². The predicted octanol–water partition coefficient (Wildman–Crippen LogP) is 6.00. The van der Waals surface area contributed by atoms with Gasteiger partial charge in [-0.1, -0.05) is 25.7 Å². The number of hydrogen-bond donors (Lipinski definition) is 2. The molecule has 1 saturated heterocycles. The third-order valence-electron chi connectivity index (χ3n) is 6.97. The van der Waals surface area contributed by atoms with Gasteiger partial charge in [-0.3, -0.25) is 9.69 Å². The van der Waals surface area contributed by atoms with Crippen LogP contribution in [0.5, 0.6) is 0 Å². The molecule has 0 unspecified atom stereocenters. The summed E-state index contributed by atoms with van der Waals surface area (Å²) in [6, 6.07) is 9.84. The average Bonchev–Trinajstić information content (AvgIpc) is 3.60. The highest BCUT2D eigenvalue weighted by Crippen LogP contribution is 2.31. The van der Waals surface area contributed by atoms with Crippen LogP contribution in [0.1, 0.15) is 18.5 Å². The lowest BCUT2D eigenvalue weighted by atomic mass is 10.2. The normalized spacial score (nSPS) is 14.4. The molecule has 10 nitrogen and oxygen atoms in total. The molecule has 0 bridgehead atoms. The minimum Gasteiger partial charge on any atom is -0.361 e. The number of halogens is 3. The SMILES string of the molecule is C[Si](C)(C)CCOCn1ccc2c(Nc3ccnc(NC(=O)CN4CCCC4)c3)nc(-c3cccc(C(F)(F)F)n3)nc21. The largest absolute Gasteiger partial charge is 0.433 e. The number of ether oxygens (including phenoxy) is 1. The van der Waals surface area contributed by atoms with E-state index >= 15 is 0 Å². The molecule has 1 fully saturated rings. The van der Waals surface area contributed by atoms with Crippen LogP contribution in [0.4, 0.5) is 30.5 Å². The van der Waals surface area contributed by atoms with Crippen LogP contribution in [0.2, 0.25) is 25.7 Å². The molecule has 43 heavy (non-hydrogen) atoms. The number of pyridine rings is 2. The Bertz CT molecular complexity index is 1580. The van der Waals surface area contributed by atoms with Crippen LogP contribution in [-0.2, 0) is 22.4 Å². The summed E-state index contributed by atoms with van der Waals surface area (Å²) < 4.78 is 48.1. The molecule has 0 saturated carbocycles. The van der Waals surface area contributed by atoms with Crippen molar-refractivity contribution in [3.05, 3.63) is 54.5 Å². The van der Waals surface area contributed by atoms with E-state index in [9.17, 15) is 18.0 Å². The van der Waals surface area contributed by atoms with Gasteiger partial charge in [0.2, 0.25) is 5.91 Å². The summed E-state index contributed by atoms with van der Waals surface area (Å²) in [6.07, 6.45) is 0.918. The van der Waals surface area contributed by atoms with Crippen molar-refractivity contribution in [1.29, 1.82) is 0 Å². The zero-order chi connectivity index (χ0) is 30.6. The molecule has 5 heterocycles. The molecule has 0 spiro atoms. The average molecular weight is 613 g/mol. The molecule has 2 N–H and O–H groups in total. The minimum absolute atomic E-state index is 0.0169.